The van der Waals surface area contributed by atoms with Gasteiger partial charge in [0.05, 0.1) is 0 Å². The summed E-state index contributed by atoms with van der Waals surface area (Å²) in [6.45, 7) is 0.582. The highest BCUT2D eigenvalue weighted by Gasteiger charge is 2.28. The van der Waals surface area contributed by atoms with Crippen LogP contribution in [0.25, 0.3) is 0 Å². The van der Waals surface area contributed by atoms with Gasteiger partial charge in [-0.25, -0.2) is 0 Å². The van der Waals surface area contributed by atoms with Crippen LogP contribution < -0.4 is 5.73 Å². The number of nitro groups is 1. The Balaban J connectivity index is 2.31. The van der Waals surface area contributed by atoms with Crippen molar-refractivity contribution in [2.75, 3.05) is 0 Å². The highest BCUT2D eigenvalue weighted by atomic mass is 16.6. The van der Waals surface area contributed by atoms with E-state index in [4.69, 9.17) is 5.73 Å². The van der Waals surface area contributed by atoms with Gasteiger partial charge in [-0.15, -0.1) is 0 Å². The highest BCUT2D eigenvalue weighted by molar-refractivity contribution is 5.89. The molecule has 1 aliphatic carbocycles. The molecule has 7 heteroatoms. The molecular weight excluding hydrogens is 200 g/mol. The van der Waals surface area contributed by atoms with Crippen LogP contribution in [-0.4, -0.2) is 20.4 Å². The zero-order chi connectivity index (χ0) is 11.0. The third-order valence-electron chi connectivity index (χ3n) is 2.32. The van der Waals surface area contributed by atoms with Gasteiger partial charge in [-0.3, -0.25) is 9.36 Å². The van der Waals surface area contributed by atoms with Gasteiger partial charge in [0.25, 0.3) is 0 Å². The molecule has 0 saturated heterocycles. The topological polar surface area (TPSA) is 104 Å². The monoisotopic (exact) mass is 210 g/mol. The maximum Gasteiger partial charge on any atom is 0.382 e. The molecule has 0 atom stereocenters. The second-order valence-electron chi connectivity index (χ2n) is 3.64. The van der Waals surface area contributed by atoms with Crippen molar-refractivity contribution in [3.63, 3.8) is 0 Å². The summed E-state index contributed by atoms with van der Waals surface area (Å²) in [5.74, 6) is -0.598. The number of nitrogens with zero attached hydrogens (tertiary/aromatic N) is 3. The molecule has 0 bridgehead atoms. The van der Waals surface area contributed by atoms with Crippen LogP contribution in [0.5, 0.6) is 0 Å². The quantitative estimate of drug-likeness (QED) is 0.569. The minimum Gasteiger partial charge on any atom is -0.361 e. The second kappa shape index (κ2) is 3.34. The van der Waals surface area contributed by atoms with Crippen LogP contribution in [0, 0.1) is 16.0 Å². The first-order valence-electron chi connectivity index (χ1n) is 4.59. The van der Waals surface area contributed by atoms with E-state index >= 15 is 0 Å². The van der Waals surface area contributed by atoms with Gasteiger partial charge in [0.15, 0.2) is 0 Å². The van der Waals surface area contributed by atoms with Gasteiger partial charge < -0.3 is 15.8 Å². The number of nitrogens with two attached hydrogens (primary N) is 1. The third kappa shape index (κ3) is 1.95. The molecule has 2 N–H and O–H groups in total. The van der Waals surface area contributed by atoms with Crippen molar-refractivity contribution in [1.82, 2.24) is 9.55 Å². The Kier molecular flexibility index (Phi) is 2.14. The number of rotatable bonds is 4. The van der Waals surface area contributed by atoms with E-state index in [-0.39, 0.29) is 11.6 Å². The van der Waals surface area contributed by atoms with Crippen LogP contribution >= 0.6 is 0 Å². The lowest BCUT2D eigenvalue weighted by molar-refractivity contribution is -0.389. The molecule has 0 spiro atoms. The summed E-state index contributed by atoms with van der Waals surface area (Å²) >= 11 is 0. The first-order valence-corrected chi connectivity index (χ1v) is 4.59. The van der Waals surface area contributed by atoms with Crippen LogP contribution in [0.15, 0.2) is 6.20 Å². The number of carbonyl (C=O) groups is 1. The molecule has 7 nitrogen and oxygen atoms in total. The van der Waals surface area contributed by atoms with Crippen molar-refractivity contribution in [1.29, 1.82) is 0 Å². The molecule has 1 aliphatic rings. The molecule has 80 valence electrons. The Morgan fingerprint density at radius 3 is 2.87 bits per heavy atom. The molecule has 0 radical (unpaired) electrons. The predicted octanol–water partition coefficient (Wildman–Crippen LogP) is 0.300. The van der Waals surface area contributed by atoms with Gasteiger partial charge in [-0.05, 0) is 28.7 Å². The van der Waals surface area contributed by atoms with E-state index in [1.807, 2.05) is 0 Å². The molecule has 2 rings (SSSR count). The van der Waals surface area contributed by atoms with Gasteiger partial charge in [0.1, 0.15) is 6.20 Å². The molecule has 1 amide bonds. The third-order valence-corrected chi connectivity index (χ3v) is 2.32. The standard InChI is InChI=1S/C8H10N4O3/c9-7(13)8-10-6(12(14)15)4-11(8)3-5-1-2-5/h4-5H,1-3H2,(H2,9,13). The summed E-state index contributed by atoms with van der Waals surface area (Å²) in [7, 11) is 0. The molecule has 1 fully saturated rings. The Labute approximate surface area is 85.0 Å². The average molecular weight is 210 g/mol. The summed E-state index contributed by atoms with van der Waals surface area (Å²) in [5, 5.41) is 10.5. The van der Waals surface area contributed by atoms with E-state index in [2.05, 4.69) is 4.98 Å². The van der Waals surface area contributed by atoms with Gasteiger partial charge >= 0.3 is 17.5 Å². The van der Waals surface area contributed by atoms with Gasteiger partial charge in [0.2, 0.25) is 0 Å². The van der Waals surface area contributed by atoms with E-state index in [1.165, 1.54) is 10.8 Å². The van der Waals surface area contributed by atoms with E-state index in [0.717, 1.165) is 12.8 Å². The van der Waals surface area contributed by atoms with Crippen LogP contribution in [-0.2, 0) is 6.54 Å². The van der Waals surface area contributed by atoms with Crippen molar-refractivity contribution in [2.45, 2.75) is 19.4 Å². The number of carbonyl (C=O) groups excluding carboxylic acids is 1. The Hall–Kier alpha value is -1.92. The first kappa shape index (κ1) is 9.63. The van der Waals surface area contributed by atoms with Gasteiger partial charge in [-0.2, -0.15) is 0 Å². The van der Waals surface area contributed by atoms with E-state index in [1.54, 1.807) is 0 Å². The normalized spacial score (nSPS) is 15.2. The molecule has 1 aromatic rings. The molecule has 15 heavy (non-hydrogen) atoms. The maximum atomic E-state index is 11.0. The Morgan fingerprint density at radius 2 is 2.40 bits per heavy atom. The maximum absolute atomic E-state index is 11.0. The van der Waals surface area contributed by atoms with Crippen molar-refractivity contribution in [3.8, 4) is 0 Å². The molecule has 0 aromatic carbocycles. The fourth-order valence-corrected chi connectivity index (χ4v) is 1.40. The van der Waals surface area contributed by atoms with E-state index in [9.17, 15) is 14.9 Å². The highest BCUT2D eigenvalue weighted by Crippen LogP contribution is 2.31. The van der Waals surface area contributed by atoms with Crippen molar-refractivity contribution in [2.24, 2.45) is 11.7 Å². The van der Waals surface area contributed by atoms with Crippen molar-refractivity contribution < 1.29 is 9.72 Å². The molecule has 1 heterocycles. The lowest BCUT2D eigenvalue weighted by atomic mass is 10.4. The lowest BCUT2D eigenvalue weighted by Gasteiger charge is -1.98. The van der Waals surface area contributed by atoms with Crippen LogP contribution in [0.4, 0.5) is 5.82 Å². The molecule has 1 saturated carbocycles. The summed E-state index contributed by atoms with van der Waals surface area (Å²) in [6, 6.07) is 0. The SMILES string of the molecule is NC(=O)c1nc([N+](=O)[O-])cn1CC1CC1. The average Bonchev–Trinajstić information content (AvgIpc) is 2.82. The lowest BCUT2D eigenvalue weighted by Crippen LogP contribution is -2.18. The molecule has 0 aliphatic heterocycles. The van der Waals surface area contributed by atoms with E-state index < -0.39 is 10.8 Å². The summed E-state index contributed by atoms with van der Waals surface area (Å²) in [6.07, 6.45) is 3.44. The van der Waals surface area contributed by atoms with Crippen molar-refractivity contribution >= 4 is 11.7 Å². The zero-order valence-electron chi connectivity index (χ0n) is 7.92. The Bertz CT molecular complexity index is 422. The fraction of sp³-hybridized carbons (Fsp3) is 0.500. The summed E-state index contributed by atoms with van der Waals surface area (Å²) < 4.78 is 1.47. The first-order chi connectivity index (χ1) is 7.08. The molecule has 1 aromatic heterocycles. The van der Waals surface area contributed by atoms with Gasteiger partial charge in [0, 0.05) is 6.54 Å². The Morgan fingerprint density at radius 1 is 1.73 bits per heavy atom. The van der Waals surface area contributed by atoms with Crippen LogP contribution in [0.1, 0.15) is 23.5 Å². The second-order valence-corrected chi connectivity index (χ2v) is 3.64. The largest absolute Gasteiger partial charge is 0.382 e. The van der Waals surface area contributed by atoms with Crippen molar-refractivity contribution in [3.05, 3.63) is 22.1 Å². The smallest absolute Gasteiger partial charge is 0.361 e. The fourth-order valence-electron chi connectivity index (χ4n) is 1.40. The number of hydrogen-bond donors (Lipinski definition) is 1. The number of primary amides is 1. The molecular formula is C8H10N4O3. The van der Waals surface area contributed by atoms with Crippen LogP contribution in [0.2, 0.25) is 0 Å². The van der Waals surface area contributed by atoms with Gasteiger partial charge in [-0.1, -0.05) is 0 Å². The minimum absolute atomic E-state index is 0.0337. The minimum atomic E-state index is -0.733. The summed E-state index contributed by atoms with van der Waals surface area (Å²) in [4.78, 5) is 24.4. The number of amides is 1. The molecule has 0 unspecified atom stereocenters. The number of imidazole rings is 1. The van der Waals surface area contributed by atoms with E-state index in [0.29, 0.717) is 12.5 Å². The van der Waals surface area contributed by atoms with Crippen LogP contribution in [0.3, 0.4) is 0 Å². The zero-order valence-corrected chi connectivity index (χ0v) is 7.92. The number of hydrogen-bond acceptors (Lipinski definition) is 4. The number of aromatic nitrogens is 2. The summed E-state index contributed by atoms with van der Waals surface area (Å²) in [5.41, 5.74) is 5.08. The predicted molar refractivity (Wildman–Crippen MR) is 50.1 cm³/mol.